The van der Waals surface area contributed by atoms with Crippen LogP contribution in [-0.4, -0.2) is 19.4 Å². The van der Waals surface area contributed by atoms with Crippen LogP contribution in [0.1, 0.15) is 10.4 Å². The van der Waals surface area contributed by atoms with E-state index in [1.165, 1.54) is 7.11 Å². The highest BCUT2D eigenvalue weighted by atomic mass is 32.1. The molecule has 0 spiro atoms. The summed E-state index contributed by atoms with van der Waals surface area (Å²) in [6.07, 6.45) is 1.03. The molecule has 5 heteroatoms. The van der Waals surface area contributed by atoms with E-state index < -0.39 is 6.09 Å². The minimum Gasteiger partial charge on any atom is -0.452 e. The number of ether oxygens (including phenoxy) is 1. The Morgan fingerprint density at radius 1 is 1.77 bits per heavy atom. The molecule has 1 rings (SSSR count). The van der Waals surface area contributed by atoms with Gasteiger partial charge in [-0.25, -0.2) is 10.2 Å². The van der Waals surface area contributed by atoms with Crippen LogP contribution in [0, 0.1) is 6.92 Å². The number of hydrogen-bond acceptors (Lipinski definition) is 4. The average Bonchev–Trinajstić information content (AvgIpc) is 2.52. The third kappa shape index (κ3) is 2.87. The third-order valence-corrected chi connectivity index (χ3v) is 2.38. The normalized spacial score (nSPS) is 10.3. The second-order valence-electron chi connectivity index (χ2n) is 2.33. The van der Waals surface area contributed by atoms with E-state index in [1.807, 2.05) is 18.4 Å². The Balaban J connectivity index is 2.50. The van der Waals surface area contributed by atoms with Gasteiger partial charge in [0.15, 0.2) is 0 Å². The number of aryl methyl sites for hydroxylation is 1. The van der Waals surface area contributed by atoms with Crippen molar-refractivity contribution in [2.24, 2.45) is 5.10 Å². The number of methoxy groups -OCH3 is 1. The van der Waals surface area contributed by atoms with E-state index in [-0.39, 0.29) is 0 Å². The molecule has 0 aliphatic heterocycles. The Morgan fingerprint density at radius 2 is 2.54 bits per heavy atom. The maximum Gasteiger partial charge on any atom is 0.427 e. The van der Waals surface area contributed by atoms with E-state index in [0.29, 0.717) is 0 Å². The first-order valence-electron chi connectivity index (χ1n) is 3.65. The Morgan fingerprint density at radius 3 is 3.08 bits per heavy atom. The second-order valence-corrected chi connectivity index (χ2v) is 3.28. The first-order chi connectivity index (χ1) is 6.24. The maximum absolute atomic E-state index is 10.6. The van der Waals surface area contributed by atoms with Gasteiger partial charge in [0.05, 0.1) is 13.3 Å². The lowest BCUT2D eigenvalue weighted by Crippen LogP contribution is -2.16. The number of carbonyl (C=O) groups is 1. The number of nitrogens with zero attached hydrogens (tertiary/aromatic N) is 1. The molecule has 0 aliphatic carbocycles. The Labute approximate surface area is 80.2 Å². The van der Waals surface area contributed by atoms with Crippen molar-refractivity contribution in [3.63, 3.8) is 0 Å². The van der Waals surface area contributed by atoms with E-state index in [4.69, 9.17) is 0 Å². The summed E-state index contributed by atoms with van der Waals surface area (Å²) in [6.45, 7) is 1.98. The Bertz CT molecular complexity index is 320. The number of hydrogen-bond donors (Lipinski definition) is 1. The molecular formula is C8H10N2O2S. The molecule has 0 aliphatic rings. The van der Waals surface area contributed by atoms with Gasteiger partial charge in [0.1, 0.15) is 0 Å². The SMILES string of the molecule is COC(=O)N/N=C/c1sccc1C. The van der Waals surface area contributed by atoms with Crippen molar-refractivity contribution >= 4 is 23.6 Å². The molecule has 1 aromatic rings. The molecule has 1 aromatic heterocycles. The van der Waals surface area contributed by atoms with Crippen LogP contribution in [0.15, 0.2) is 16.5 Å². The van der Waals surface area contributed by atoms with Crippen LogP contribution in [0.4, 0.5) is 4.79 Å². The van der Waals surface area contributed by atoms with Gasteiger partial charge in [-0.1, -0.05) is 0 Å². The molecule has 1 amide bonds. The summed E-state index contributed by atoms with van der Waals surface area (Å²) in [5, 5.41) is 5.67. The molecule has 0 bridgehead atoms. The molecule has 0 atom stereocenters. The van der Waals surface area contributed by atoms with E-state index in [2.05, 4.69) is 15.3 Å². The number of rotatable bonds is 2. The van der Waals surface area contributed by atoms with Crippen LogP contribution < -0.4 is 5.43 Å². The van der Waals surface area contributed by atoms with Crippen LogP contribution in [0.5, 0.6) is 0 Å². The number of amides is 1. The smallest absolute Gasteiger partial charge is 0.427 e. The third-order valence-electron chi connectivity index (χ3n) is 1.42. The van der Waals surface area contributed by atoms with E-state index in [1.54, 1.807) is 17.6 Å². The minimum atomic E-state index is -0.564. The van der Waals surface area contributed by atoms with Gasteiger partial charge in [-0.05, 0) is 23.9 Å². The summed E-state index contributed by atoms with van der Waals surface area (Å²) in [5.41, 5.74) is 3.35. The van der Waals surface area contributed by atoms with Crippen molar-refractivity contribution in [1.29, 1.82) is 0 Å². The van der Waals surface area contributed by atoms with E-state index >= 15 is 0 Å². The fourth-order valence-electron chi connectivity index (χ4n) is 0.706. The van der Waals surface area contributed by atoms with Crippen molar-refractivity contribution in [1.82, 2.24) is 5.43 Å². The number of thiophene rings is 1. The molecule has 0 fully saturated rings. The average molecular weight is 198 g/mol. The largest absolute Gasteiger partial charge is 0.452 e. The first-order valence-corrected chi connectivity index (χ1v) is 4.53. The standard InChI is InChI=1S/C8H10N2O2S/c1-6-3-4-13-7(6)5-9-10-8(11)12-2/h3-5H,1-2H3,(H,10,11)/b9-5+. The molecule has 0 radical (unpaired) electrons. The number of carbonyl (C=O) groups excluding carboxylic acids is 1. The van der Waals surface area contributed by atoms with Crippen molar-refractivity contribution in [3.05, 3.63) is 21.9 Å². The lowest BCUT2D eigenvalue weighted by molar-refractivity contribution is 0.171. The molecule has 0 aromatic carbocycles. The minimum absolute atomic E-state index is 0.564. The summed E-state index contributed by atoms with van der Waals surface area (Å²) in [4.78, 5) is 11.6. The lowest BCUT2D eigenvalue weighted by atomic mass is 10.3. The predicted octanol–water partition coefficient (Wildman–Crippen LogP) is 1.75. The van der Waals surface area contributed by atoms with Crippen LogP contribution in [0.25, 0.3) is 0 Å². The molecule has 4 nitrogen and oxygen atoms in total. The molecule has 1 N–H and O–H groups in total. The van der Waals surface area contributed by atoms with Crippen LogP contribution >= 0.6 is 11.3 Å². The Hall–Kier alpha value is -1.36. The zero-order valence-electron chi connectivity index (χ0n) is 7.40. The summed E-state index contributed by atoms with van der Waals surface area (Å²) >= 11 is 1.57. The fourth-order valence-corrected chi connectivity index (χ4v) is 1.49. The lowest BCUT2D eigenvalue weighted by Gasteiger charge is -1.94. The van der Waals surface area contributed by atoms with Gasteiger partial charge in [0.25, 0.3) is 0 Å². The molecule has 0 saturated carbocycles. The fraction of sp³-hybridized carbons (Fsp3) is 0.250. The zero-order valence-corrected chi connectivity index (χ0v) is 8.22. The number of nitrogens with one attached hydrogen (secondary N) is 1. The van der Waals surface area contributed by atoms with Crippen LogP contribution in [0.3, 0.4) is 0 Å². The van der Waals surface area contributed by atoms with Crippen molar-refractivity contribution < 1.29 is 9.53 Å². The molecule has 1 heterocycles. The highest BCUT2D eigenvalue weighted by Gasteiger charge is 1.96. The quantitative estimate of drug-likeness (QED) is 0.581. The van der Waals surface area contributed by atoms with Gasteiger partial charge in [-0.2, -0.15) is 5.10 Å². The maximum atomic E-state index is 10.6. The summed E-state index contributed by atoms with van der Waals surface area (Å²) in [5.74, 6) is 0. The summed E-state index contributed by atoms with van der Waals surface area (Å²) in [6, 6.07) is 1.99. The van der Waals surface area contributed by atoms with Crippen molar-refractivity contribution in [2.75, 3.05) is 7.11 Å². The van der Waals surface area contributed by atoms with E-state index in [9.17, 15) is 4.79 Å². The molecule has 13 heavy (non-hydrogen) atoms. The van der Waals surface area contributed by atoms with E-state index in [0.717, 1.165) is 10.4 Å². The van der Waals surface area contributed by atoms with Gasteiger partial charge >= 0.3 is 6.09 Å². The molecule has 0 unspecified atom stereocenters. The summed E-state index contributed by atoms with van der Waals surface area (Å²) < 4.78 is 4.34. The van der Waals surface area contributed by atoms with Gasteiger partial charge in [-0.15, -0.1) is 11.3 Å². The zero-order chi connectivity index (χ0) is 9.68. The van der Waals surface area contributed by atoms with Crippen molar-refractivity contribution in [2.45, 2.75) is 6.92 Å². The Kier molecular flexibility index (Phi) is 3.45. The second kappa shape index (κ2) is 4.61. The predicted molar refractivity (Wildman–Crippen MR) is 52.2 cm³/mol. The topological polar surface area (TPSA) is 50.7 Å². The highest BCUT2D eigenvalue weighted by Crippen LogP contribution is 2.12. The van der Waals surface area contributed by atoms with Gasteiger partial charge in [0.2, 0.25) is 0 Å². The molecule has 70 valence electrons. The highest BCUT2D eigenvalue weighted by molar-refractivity contribution is 7.11. The molecule has 0 saturated heterocycles. The number of hydrazone groups is 1. The first kappa shape index (κ1) is 9.73. The summed E-state index contributed by atoms with van der Waals surface area (Å²) in [7, 11) is 1.29. The van der Waals surface area contributed by atoms with Gasteiger partial charge < -0.3 is 4.74 Å². The monoisotopic (exact) mass is 198 g/mol. The van der Waals surface area contributed by atoms with Crippen LogP contribution in [-0.2, 0) is 4.74 Å². The van der Waals surface area contributed by atoms with Crippen LogP contribution in [0.2, 0.25) is 0 Å². The van der Waals surface area contributed by atoms with Crippen molar-refractivity contribution in [3.8, 4) is 0 Å². The molecular weight excluding hydrogens is 188 g/mol. The van der Waals surface area contributed by atoms with Gasteiger partial charge in [0, 0.05) is 4.88 Å². The van der Waals surface area contributed by atoms with Gasteiger partial charge in [-0.3, -0.25) is 0 Å².